The topological polar surface area (TPSA) is 48.1 Å². The van der Waals surface area contributed by atoms with Gasteiger partial charge in [0.1, 0.15) is 5.75 Å². The lowest BCUT2D eigenvalue weighted by Gasteiger charge is -2.02. The molecular formula is C12H10N2OS. The highest BCUT2D eigenvalue weighted by molar-refractivity contribution is 7.22. The molecule has 0 saturated carbocycles. The van der Waals surface area contributed by atoms with E-state index in [0.717, 1.165) is 26.7 Å². The number of nitrogen functional groups attached to an aromatic ring is 1. The van der Waals surface area contributed by atoms with Crippen LogP contribution in [-0.2, 0) is 0 Å². The van der Waals surface area contributed by atoms with Crippen LogP contribution in [0.4, 0.5) is 5.13 Å². The first-order valence-electron chi connectivity index (χ1n) is 4.91. The van der Waals surface area contributed by atoms with Crippen molar-refractivity contribution in [2.24, 2.45) is 0 Å². The lowest BCUT2D eigenvalue weighted by molar-refractivity contribution is 0.415. The van der Waals surface area contributed by atoms with Gasteiger partial charge in [-0.15, -0.1) is 0 Å². The van der Waals surface area contributed by atoms with Crippen LogP contribution < -0.4 is 10.5 Å². The fraction of sp³-hybridized carbons (Fsp3) is 0.0833. The van der Waals surface area contributed by atoms with E-state index in [-0.39, 0.29) is 0 Å². The van der Waals surface area contributed by atoms with Gasteiger partial charge in [0.05, 0.1) is 17.3 Å². The average Bonchev–Trinajstić information content (AvgIpc) is 2.69. The highest BCUT2D eigenvalue weighted by atomic mass is 32.1. The van der Waals surface area contributed by atoms with Crippen LogP contribution in [0.3, 0.4) is 0 Å². The highest BCUT2D eigenvalue weighted by Gasteiger charge is 2.06. The number of methoxy groups -OCH3 is 1. The minimum atomic E-state index is 0.610. The van der Waals surface area contributed by atoms with Gasteiger partial charge in [-0.25, -0.2) is 4.98 Å². The Morgan fingerprint density at radius 1 is 1.25 bits per heavy atom. The summed E-state index contributed by atoms with van der Waals surface area (Å²) in [5, 5.41) is 2.85. The van der Waals surface area contributed by atoms with Crippen LogP contribution in [0.2, 0.25) is 0 Å². The molecule has 2 aromatic carbocycles. The molecule has 0 saturated heterocycles. The van der Waals surface area contributed by atoms with Crippen molar-refractivity contribution in [1.29, 1.82) is 0 Å². The molecule has 0 radical (unpaired) electrons. The molecule has 0 amide bonds. The quantitative estimate of drug-likeness (QED) is 0.699. The second-order valence-corrected chi connectivity index (χ2v) is 4.61. The van der Waals surface area contributed by atoms with Gasteiger partial charge >= 0.3 is 0 Å². The Hall–Kier alpha value is -1.81. The smallest absolute Gasteiger partial charge is 0.181 e. The number of fused-ring (bicyclic) bond motifs is 3. The Kier molecular flexibility index (Phi) is 1.97. The van der Waals surface area contributed by atoms with Crippen LogP contribution >= 0.6 is 11.3 Å². The molecule has 3 aromatic rings. The standard InChI is InChI=1S/C12H10N2OS/c1-15-8-3-4-9-7(6-8)2-5-10-11(9)14-12(13)16-10/h2-6H,1H3,(H2,13,14). The zero-order chi connectivity index (χ0) is 11.1. The van der Waals surface area contributed by atoms with Gasteiger partial charge in [0.15, 0.2) is 5.13 Å². The molecular weight excluding hydrogens is 220 g/mol. The second-order valence-electron chi connectivity index (χ2n) is 3.55. The predicted molar refractivity (Wildman–Crippen MR) is 68.1 cm³/mol. The molecule has 0 aliphatic carbocycles. The number of nitrogens with two attached hydrogens (primary N) is 1. The summed E-state index contributed by atoms with van der Waals surface area (Å²) in [7, 11) is 1.67. The Bertz CT molecular complexity index is 675. The minimum Gasteiger partial charge on any atom is -0.497 e. The summed E-state index contributed by atoms with van der Waals surface area (Å²) in [6.45, 7) is 0. The van der Waals surface area contributed by atoms with Crippen molar-refractivity contribution in [2.45, 2.75) is 0 Å². The van der Waals surface area contributed by atoms with Crippen LogP contribution in [-0.4, -0.2) is 12.1 Å². The maximum Gasteiger partial charge on any atom is 0.181 e. The maximum atomic E-state index is 5.72. The van der Waals surface area contributed by atoms with Crippen molar-refractivity contribution in [2.75, 3.05) is 12.8 Å². The Morgan fingerprint density at radius 2 is 2.12 bits per heavy atom. The van der Waals surface area contributed by atoms with Gasteiger partial charge in [0, 0.05) is 5.39 Å². The van der Waals surface area contributed by atoms with E-state index in [1.54, 1.807) is 7.11 Å². The van der Waals surface area contributed by atoms with Crippen molar-refractivity contribution in [3.8, 4) is 5.75 Å². The van der Waals surface area contributed by atoms with E-state index in [4.69, 9.17) is 10.5 Å². The van der Waals surface area contributed by atoms with E-state index in [9.17, 15) is 0 Å². The molecule has 3 nitrogen and oxygen atoms in total. The van der Waals surface area contributed by atoms with Gasteiger partial charge in [-0.3, -0.25) is 0 Å². The van der Waals surface area contributed by atoms with Crippen molar-refractivity contribution in [3.05, 3.63) is 30.3 Å². The van der Waals surface area contributed by atoms with Crippen LogP contribution in [0, 0.1) is 0 Å². The van der Waals surface area contributed by atoms with E-state index < -0.39 is 0 Å². The minimum absolute atomic E-state index is 0.610. The lowest BCUT2D eigenvalue weighted by Crippen LogP contribution is -1.83. The van der Waals surface area contributed by atoms with Crippen LogP contribution in [0.5, 0.6) is 5.75 Å². The van der Waals surface area contributed by atoms with Crippen molar-refractivity contribution in [3.63, 3.8) is 0 Å². The summed E-state index contributed by atoms with van der Waals surface area (Å²) < 4.78 is 6.32. The molecule has 1 aromatic heterocycles. The van der Waals surface area contributed by atoms with Gasteiger partial charge in [0.25, 0.3) is 0 Å². The van der Waals surface area contributed by atoms with E-state index in [2.05, 4.69) is 11.1 Å². The second kappa shape index (κ2) is 3.35. The summed E-state index contributed by atoms with van der Waals surface area (Å²) in [6, 6.07) is 10.1. The summed E-state index contributed by atoms with van der Waals surface area (Å²) >= 11 is 1.51. The first-order chi connectivity index (χ1) is 7.78. The molecule has 0 unspecified atom stereocenters. The molecule has 0 bridgehead atoms. The van der Waals surface area contributed by atoms with Crippen LogP contribution in [0.1, 0.15) is 0 Å². The summed E-state index contributed by atoms with van der Waals surface area (Å²) in [5.41, 5.74) is 6.70. The number of hydrogen-bond acceptors (Lipinski definition) is 4. The number of thiazole rings is 1. The number of hydrogen-bond donors (Lipinski definition) is 1. The highest BCUT2D eigenvalue weighted by Crippen LogP contribution is 2.31. The van der Waals surface area contributed by atoms with E-state index in [0.29, 0.717) is 5.13 Å². The predicted octanol–water partition coefficient (Wildman–Crippen LogP) is 3.04. The molecule has 80 valence electrons. The van der Waals surface area contributed by atoms with Crippen LogP contribution in [0.15, 0.2) is 30.3 Å². The molecule has 0 spiro atoms. The molecule has 4 heteroatoms. The van der Waals surface area contributed by atoms with Crippen molar-refractivity contribution in [1.82, 2.24) is 4.98 Å². The van der Waals surface area contributed by atoms with Crippen molar-refractivity contribution >= 4 is 37.5 Å². The molecule has 3 rings (SSSR count). The molecule has 0 aliphatic rings. The van der Waals surface area contributed by atoms with Gasteiger partial charge in [0.2, 0.25) is 0 Å². The number of rotatable bonds is 1. The Morgan fingerprint density at radius 3 is 2.94 bits per heavy atom. The Balaban J connectivity index is 2.42. The zero-order valence-corrected chi connectivity index (χ0v) is 9.54. The number of nitrogens with zero attached hydrogens (tertiary/aromatic N) is 1. The third-order valence-corrected chi connectivity index (χ3v) is 3.45. The van der Waals surface area contributed by atoms with E-state index in [1.165, 1.54) is 11.3 Å². The van der Waals surface area contributed by atoms with Crippen LogP contribution in [0.25, 0.3) is 21.0 Å². The fourth-order valence-electron chi connectivity index (χ4n) is 1.84. The van der Waals surface area contributed by atoms with Gasteiger partial charge < -0.3 is 10.5 Å². The number of benzene rings is 2. The Labute approximate surface area is 96.5 Å². The van der Waals surface area contributed by atoms with Gasteiger partial charge in [-0.2, -0.15) is 0 Å². The first kappa shape index (κ1) is 9.42. The summed E-state index contributed by atoms with van der Waals surface area (Å²) in [5.74, 6) is 0.857. The third-order valence-electron chi connectivity index (χ3n) is 2.60. The van der Waals surface area contributed by atoms with Crippen molar-refractivity contribution < 1.29 is 4.74 Å². The van der Waals surface area contributed by atoms with E-state index in [1.807, 2.05) is 24.3 Å². The molecule has 16 heavy (non-hydrogen) atoms. The first-order valence-corrected chi connectivity index (χ1v) is 5.72. The molecule has 0 aliphatic heterocycles. The zero-order valence-electron chi connectivity index (χ0n) is 8.73. The van der Waals surface area contributed by atoms with Gasteiger partial charge in [-0.05, 0) is 29.7 Å². The molecule has 0 fully saturated rings. The molecule has 2 N–H and O–H groups in total. The lowest BCUT2D eigenvalue weighted by atomic mass is 10.1. The maximum absolute atomic E-state index is 5.72. The number of aromatic nitrogens is 1. The monoisotopic (exact) mass is 230 g/mol. The summed E-state index contributed by atoms with van der Waals surface area (Å²) in [6.07, 6.45) is 0. The van der Waals surface area contributed by atoms with E-state index >= 15 is 0 Å². The number of ether oxygens (including phenoxy) is 1. The normalized spacial score (nSPS) is 11.1. The SMILES string of the molecule is COc1ccc2c(ccc3sc(N)nc32)c1. The number of anilines is 1. The average molecular weight is 230 g/mol. The fourth-order valence-corrected chi connectivity index (χ4v) is 2.59. The molecule has 1 heterocycles. The molecule has 0 atom stereocenters. The van der Waals surface area contributed by atoms with Gasteiger partial charge in [-0.1, -0.05) is 17.4 Å². The summed E-state index contributed by atoms with van der Waals surface area (Å²) in [4.78, 5) is 4.35. The largest absolute Gasteiger partial charge is 0.497 e. The third kappa shape index (κ3) is 1.31.